The van der Waals surface area contributed by atoms with Crippen molar-refractivity contribution in [2.24, 2.45) is 0 Å². The third kappa shape index (κ3) is 2.81. The van der Waals surface area contributed by atoms with E-state index in [1.165, 1.54) is 11.1 Å². The second-order valence-corrected chi connectivity index (χ2v) is 4.25. The van der Waals surface area contributed by atoms with Crippen LogP contribution in [0.4, 0.5) is 0 Å². The molecule has 1 amide bonds. The molecule has 1 aromatic heterocycles. The summed E-state index contributed by atoms with van der Waals surface area (Å²) in [6.45, 7) is 1.60. The van der Waals surface area contributed by atoms with Gasteiger partial charge in [-0.3, -0.25) is 14.6 Å². The second-order valence-electron chi connectivity index (χ2n) is 4.25. The van der Waals surface area contributed by atoms with E-state index in [1.807, 2.05) is 6.92 Å². The van der Waals surface area contributed by atoms with E-state index in [9.17, 15) is 9.59 Å². The molecule has 1 fully saturated rings. The Morgan fingerprint density at radius 3 is 2.65 bits per heavy atom. The molecule has 1 heterocycles. The molecule has 0 saturated heterocycles. The summed E-state index contributed by atoms with van der Waals surface area (Å²) in [6, 6.07) is 3.51. The lowest BCUT2D eigenvalue weighted by Gasteiger charge is -2.19. The van der Waals surface area contributed by atoms with Crippen molar-refractivity contribution in [3.8, 4) is 0 Å². The molecule has 0 aromatic carbocycles. The molecule has 0 radical (unpaired) electrons. The van der Waals surface area contributed by atoms with Crippen LogP contribution in [0.5, 0.6) is 0 Å². The van der Waals surface area contributed by atoms with Gasteiger partial charge in [0, 0.05) is 17.9 Å². The van der Waals surface area contributed by atoms with Crippen molar-refractivity contribution in [1.29, 1.82) is 0 Å². The molecule has 0 atom stereocenters. The molecule has 0 bridgehead atoms. The number of carboxylic acids is 1. The molecule has 0 unspecified atom stereocenters. The minimum Gasteiger partial charge on any atom is -0.480 e. The molecule has 0 aliphatic heterocycles. The van der Waals surface area contributed by atoms with Crippen molar-refractivity contribution >= 4 is 11.9 Å². The van der Waals surface area contributed by atoms with E-state index in [0.29, 0.717) is 5.56 Å². The van der Waals surface area contributed by atoms with Crippen molar-refractivity contribution in [2.75, 3.05) is 6.54 Å². The normalized spacial score (nSPS) is 14.4. The van der Waals surface area contributed by atoms with Crippen LogP contribution >= 0.6 is 0 Å². The Bertz CT molecular complexity index is 438. The lowest BCUT2D eigenvalue weighted by Crippen LogP contribution is -2.37. The highest BCUT2D eigenvalue weighted by atomic mass is 16.4. The second kappa shape index (κ2) is 4.53. The van der Waals surface area contributed by atoms with Crippen molar-refractivity contribution in [2.45, 2.75) is 25.8 Å². The average Bonchev–Trinajstić information content (AvgIpc) is 3.09. The Labute approximate surface area is 99.1 Å². The van der Waals surface area contributed by atoms with E-state index in [2.05, 4.69) is 4.98 Å². The zero-order chi connectivity index (χ0) is 12.4. The summed E-state index contributed by atoms with van der Waals surface area (Å²) < 4.78 is 0. The number of aryl methyl sites for hydroxylation is 1. The first kappa shape index (κ1) is 11.6. The number of rotatable bonds is 4. The fourth-order valence-electron chi connectivity index (χ4n) is 1.66. The van der Waals surface area contributed by atoms with Gasteiger partial charge in [-0.25, -0.2) is 0 Å². The van der Waals surface area contributed by atoms with Crippen LogP contribution < -0.4 is 0 Å². The number of carbonyl (C=O) groups is 2. The smallest absolute Gasteiger partial charge is 0.323 e. The summed E-state index contributed by atoms with van der Waals surface area (Å²) in [6.07, 6.45) is 3.27. The lowest BCUT2D eigenvalue weighted by atomic mass is 10.2. The summed E-state index contributed by atoms with van der Waals surface area (Å²) in [7, 11) is 0. The Morgan fingerprint density at radius 1 is 1.47 bits per heavy atom. The number of pyridine rings is 1. The third-order valence-electron chi connectivity index (χ3n) is 2.71. The van der Waals surface area contributed by atoms with E-state index in [4.69, 9.17) is 5.11 Å². The summed E-state index contributed by atoms with van der Waals surface area (Å²) in [5.41, 5.74) is 1.28. The Kier molecular flexibility index (Phi) is 3.08. The van der Waals surface area contributed by atoms with Gasteiger partial charge >= 0.3 is 5.97 Å². The molecule has 1 aromatic rings. The summed E-state index contributed by atoms with van der Waals surface area (Å²) in [4.78, 5) is 28.3. The maximum absolute atomic E-state index is 12.1. The first-order chi connectivity index (χ1) is 8.08. The number of aromatic nitrogens is 1. The minimum atomic E-state index is -0.981. The van der Waals surface area contributed by atoms with E-state index in [-0.39, 0.29) is 18.5 Å². The summed E-state index contributed by atoms with van der Waals surface area (Å²) in [5, 5.41) is 8.79. The largest absolute Gasteiger partial charge is 0.480 e. The van der Waals surface area contributed by atoms with Gasteiger partial charge < -0.3 is 10.0 Å². The van der Waals surface area contributed by atoms with Crippen LogP contribution in [0.1, 0.15) is 28.9 Å². The highest BCUT2D eigenvalue weighted by Crippen LogP contribution is 2.27. The molecule has 1 aliphatic rings. The Morgan fingerprint density at radius 2 is 2.18 bits per heavy atom. The highest BCUT2D eigenvalue weighted by Gasteiger charge is 2.34. The molecule has 5 nitrogen and oxygen atoms in total. The number of carbonyl (C=O) groups excluding carboxylic acids is 1. The van der Waals surface area contributed by atoms with Crippen LogP contribution in [-0.4, -0.2) is 39.5 Å². The topological polar surface area (TPSA) is 70.5 Å². The van der Waals surface area contributed by atoms with Gasteiger partial charge in [-0.1, -0.05) is 0 Å². The molecule has 17 heavy (non-hydrogen) atoms. The maximum atomic E-state index is 12.1. The number of hydrogen-bond acceptors (Lipinski definition) is 3. The van der Waals surface area contributed by atoms with Crippen molar-refractivity contribution < 1.29 is 14.7 Å². The summed E-state index contributed by atoms with van der Waals surface area (Å²) in [5.74, 6) is -1.23. The molecule has 1 saturated carbocycles. The van der Waals surface area contributed by atoms with Gasteiger partial charge in [0.15, 0.2) is 0 Å². The number of nitrogens with zero attached hydrogens (tertiary/aromatic N) is 2. The van der Waals surface area contributed by atoms with Crippen molar-refractivity contribution in [3.63, 3.8) is 0 Å². The van der Waals surface area contributed by atoms with Gasteiger partial charge in [0.2, 0.25) is 0 Å². The van der Waals surface area contributed by atoms with E-state index in [0.717, 1.165) is 18.5 Å². The predicted molar refractivity (Wildman–Crippen MR) is 60.7 cm³/mol. The first-order valence-electron chi connectivity index (χ1n) is 5.53. The van der Waals surface area contributed by atoms with Gasteiger partial charge in [-0.05, 0) is 31.9 Å². The van der Waals surface area contributed by atoms with Crippen LogP contribution in [-0.2, 0) is 4.79 Å². The molecule has 90 valence electrons. The SMILES string of the molecule is Cc1ccc(C(=O)N(CC(=O)O)C2CC2)cn1. The zero-order valence-electron chi connectivity index (χ0n) is 9.59. The summed E-state index contributed by atoms with van der Waals surface area (Å²) >= 11 is 0. The van der Waals surface area contributed by atoms with Crippen LogP contribution in [0, 0.1) is 6.92 Å². The molecule has 1 N–H and O–H groups in total. The maximum Gasteiger partial charge on any atom is 0.323 e. The number of carboxylic acid groups (broad SMARTS) is 1. The standard InChI is InChI=1S/C12H14N2O3/c1-8-2-3-9(6-13-8)12(17)14(7-11(15)16)10-4-5-10/h2-3,6,10H,4-5,7H2,1H3,(H,15,16). The van der Waals surface area contributed by atoms with Crippen molar-refractivity contribution in [3.05, 3.63) is 29.6 Å². The van der Waals surface area contributed by atoms with Crippen LogP contribution in [0.2, 0.25) is 0 Å². The third-order valence-corrected chi connectivity index (χ3v) is 2.71. The van der Waals surface area contributed by atoms with Gasteiger partial charge in [-0.2, -0.15) is 0 Å². The van der Waals surface area contributed by atoms with Gasteiger partial charge in [0.05, 0.1) is 5.56 Å². The fraction of sp³-hybridized carbons (Fsp3) is 0.417. The Hall–Kier alpha value is -1.91. The lowest BCUT2D eigenvalue weighted by molar-refractivity contribution is -0.137. The average molecular weight is 234 g/mol. The molecular formula is C12H14N2O3. The quantitative estimate of drug-likeness (QED) is 0.846. The molecule has 1 aliphatic carbocycles. The van der Waals surface area contributed by atoms with Crippen LogP contribution in [0.15, 0.2) is 18.3 Å². The number of aliphatic carboxylic acids is 1. The van der Waals surface area contributed by atoms with Gasteiger partial charge in [0.1, 0.15) is 6.54 Å². The zero-order valence-corrected chi connectivity index (χ0v) is 9.59. The molecular weight excluding hydrogens is 220 g/mol. The number of hydrogen-bond donors (Lipinski definition) is 1. The Balaban J connectivity index is 2.15. The predicted octanol–water partition coefficient (Wildman–Crippen LogP) is 1.08. The van der Waals surface area contributed by atoms with Gasteiger partial charge in [-0.15, -0.1) is 0 Å². The first-order valence-corrected chi connectivity index (χ1v) is 5.53. The number of amides is 1. The monoisotopic (exact) mass is 234 g/mol. The van der Waals surface area contributed by atoms with Crippen LogP contribution in [0.3, 0.4) is 0 Å². The molecule has 2 rings (SSSR count). The van der Waals surface area contributed by atoms with E-state index < -0.39 is 5.97 Å². The fourth-order valence-corrected chi connectivity index (χ4v) is 1.66. The highest BCUT2D eigenvalue weighted by molar-refractivity contribution is 5.96. The van der Waals surface area contributed by atoms with E-state index >= 15 is 0 Å². The van der Waals surface area contributed by atoms with Crippen molar-refractivity contribution in [1.82, 2.24) is 9.88 Å². The molecule has 5 heteroatoms. The molecule has 0 spiro atoms. The van der Waals surface area contributed by atoms with E-state index in [1.54, 1.807) is 12.1 Å². The van der Waals surface area contributed by atoms with Crippen LogP contribution in [0.25, 0.3) is 0 Å². The van der Waals surface area contributed by atoms with Gasteiger partial charge in [0.25, 0.3) is 5.91 Å². The minimum absolute atomic E-state index is 0.0832.